The molecule has 1 unspecified atom stereocenters. The molecule has 2 aliphatic rings. The highest BCUT2D eigenvalue weighted by Crippen LogP contribution is 2.35. The van der Waals surface area contributed by atoms with E-state index in [1.165, 1.54) is 5.69 Å². The summed E-state index contributed by atoms with van der Waals surface area (Å²) in [5.41, 5.74) is 9.38. The Kier molecular flexibility index (Phi) is 3.30. The molecule has 2 N–H and O–H groups in total. The molecule has 1 aromatic heterocycles. The molecule has 0 spiro atoms. The Balaban J connectivity index is 1.75. The zero-order chi connectivity index (χ0) is 15.1. The van der Waals surface area contributed by atoms with Crippen molar-refractivity contribution < 1.29 is 9.47 Å². The van der Waals surface area contributed by atoms with Crippen molar-refractivity contribution in [2.75, 3.05) is 13.2 Å². The van der Waals surface area contributed by atoms with Gasteiger partial charge in [0.25, 0.3) is 0 Å². The molecular weight excluding hydrogens is 278 g/mol. The average Bonchev–Trinajstić information content (AvgIpc) is 2.72. The van der Waals surface area contributed by atoms with Gasteiger partial charge in [0.1, 0.15) is 5.82 Å². The van der Waals surface area contributed by atoms with Gasteiger partial charge in [0.05, 0.1) is 18.9 Å². The number of hydrogen-bond donors (Lipinski definition) is 1. The maximum absolute atomic E-state index is 6.09. The van der Waals surface area contributed by atoms with Crippen LogP contribution in [0, 0.1) is 6.92 Å². The van der Waals surface area contributed by atoms with Gasteiger partial charge in [0.15, 0.2) is 11.5 Å². The van der Waals surface area contributed by atoms with E-state index >= 15 is 0 Å². The molecule has 0 bridgehead atoms. The molecular formula is C17H21N3O2. The van der Waals surface area contributed by atoms with Crippen LogP contribution < -0.4 is 15.2 Å². The number of nitrogens with two attached hydrogens (primary N) is 1. The Morgan fingerprint density at radius 3 is 2.91 bits per heavy atom. The lowest BCUT2D eigenvalue weighted by molar-refractivity contribution is 0.297. The van der Waals surface area contributed by atoms with E-state index in [-0.39, 0.29) is 6.04 Å². The Morgan fingerprint density at radius 1 is 1.23 bits per heavy atom. The predicted octanol–water partition coefficient (Wildman–Crippen LogP) is 2.29. The largest absolute Gasteiger partial charge is 0.490 e. The van der Waals surface area contributed by atoms with Crippen molar-refractivity contribution in [2.24, 2.45) is 5.73 Å². The number of aryl methyl sites for hydroxylation is 1. The van der Waals surface area contributed by atoms with Crippen LogP contribution in [0.3, 0.4) is 0 Å². The molecule has 1 atom stereocenters. The molecule has 0 amide bonds. The van der Waals surface area contributed by atoms with Crippen molar-refractivity contribution in [3.63, 3.8) is 0 Å². The molecule has 4 rings (SSSR count). The van der Waals surface area contributed by atoms with Crippen molar-refractivity contribution in [2.45, 2.75) is 38.8 Å². The van der Waals surface area contributed by atoms with Crippen LogP contribution >= 0.6 is 0 Å². The second-order valence-corrected chi connectivity index (χ2v) is 6.08. The third-order valence-electron chi connectivity index (χ3n) is 4.48. The van der Waals surface area contributed by atoms with Gasteiger partial charge in [-0.1, -0.05) is 0 Å². The molecule has 0 fully saturated rings. The molecule has 5 nitrogen and oxygen atoms in total. The minimum atomic E-state index is 0.233. The molecule has 3 heterocycles. The fourth-order valence-corrected chi connectivity index (χ4v) is 3.25. The summed E-state index contributed by atoms with van der Waals surface area (Å²) in [4.78, 5) is 4.84. The van der Waals surface area contributed by atoms with Gasteiger partial charge in [0, 0.05) is 36.7 Å². The third-order valence-corrected chi connectivity index (χ3v) is 4.48. The molecule has 0 radical (unpaired) electrons. The third kappa shape index (κ3) is 2.25. The normalized spacial score (nSPS) is 20.4. The summed E-state index contributed by atoms with van der Waals surface area (Å²) in [6.45, 7) is 4.39. The number of imidazole rings is 1. The lowest BCUT2D eigenvalue weighted by Crippen LogP contribution is -2.32. The number of hydrogen-bond acceptors (Lipinski definition) is 4. The highest BCUT2D eigenvalue weighted by molar-refractivity contribution is 5.66. The fraction of sp³-hybridized carbons (Fsp3) is 0.471. The number of ether oxygens (including phenoxy) is 2. The fourth-order valence-electron chi connectivity index (χ4n) is 3.25. The van der Waals surface area contributed by atoms with Crippen LogP contribution in [0.4, 0.5) is 0 Å². The molecule has 0 aliphatic carbocycles. The van der Waals surface area contributed by atoms with Crippen LogP contribution in [0.25, 0.3) is 11.3 Å². The molecule has 1 aromatic carbocycles. The topological polar surface area (TPSA) is 62.3 Å². The zero-order valence-corrected chi connectivity index (χ0v) is 12.8. The van der Waals surface area contributed by atoms with Crippen LogP contribution in [-0.2, 0) is 13.0 Å². The first kappa shape index (κ1) is 13.6. The van der Waals surface area contributed by atoms with Crippen molar-refractivity contribution in [1.29, 1.82) is 0 Å². The second kappa shape index (κ2) is 5.32. The van der Waals surface area contributed by atoms with E-state index in [4.69, 9.17) is 20.2 Å². The Labute approximate surface area is 130 Å². The Hall–Kier alpha value is -2.01. The van der Waals surface area contributed by atoms with Gasteiger partial charge in [-0.15, -0.1) is 0 Å². The summed E-state index contributed by atoms with van der Waals surface area (Å²) < 4.78 is 13.7. The van der Waals surface area contributed by atoms with Gasteiger partial charge in [-0.05, 0) is 31.5 Å². The molecule has 2 aliphatic heterocycles. The monoisotopic (exact) mass is 299 g/mol. The standard InChI is InChI=1S/C17H21N3O2/c1-11-17(19-16-6-4-13(18)10-20(11)16)12-3-5-14-15(9-12)22-8-2-7-21-14/h3,5,9,13H,2,4,6-8,10,18H2,1H3. The van der Waals surface area contributed by atoms with E-state index in [9.17, 15) is 0 Å². The van der Waals surface area contributed by atoms with E-state index in [1.54, 1.807) is 0 Å². The number of aromatic nitrogens is 2. The van der Waals surface area contributed by atoms with Crippen LogP contribution in [0.15, 0.2) is 18.2 Å². The van der Waals surface area contributed by atoms with Gasteiger partial charge >= 0.3 is 0 Å². The Bertz CT molecular complexity index is 708. The summed E-state index contributed by atoms with van der Waals surface area (Å²) >= 11 is 0. The molecule has 2 aromatic rings. The van der Waals surface area contributed by atoms with E-state index < -0.39 is 0 Å². The van der Waals surface area contributed by atoms with E-state index in [2.05, 4.69) is 17.6 Å². The average molecular weight is 299 g/mol. The molecule has 22 heavy (non-hydrogen) atoms. The first-order valence-electron chi connectivity index (χ1n) is 7.94. The molecule has 116 valence electrons. The Morgan fingerprint density at radius 2 is 2.05 bits per heavy atom. The van der Waals surface area contributed by atoms with Crippen LogP contribution in [0.1, 0.15) is 24.4 Å². The van der Waals surface area contributed by atoms with Gasteiger partial charge in [-0.2, -0.15) is 0 Å². The second-order valence-electron chi connectivity index (χ2n) is 6.08. The van der Waals surface area contributed by atoms with Crippen LogP contribution in [0.2, 0.25) is 0 Å². The minimum Gasteiger partial charge on any atom is -0.490 e. The van der Waals surface area contributed by atoms with Crippen molar-refractivity contribution >= 4 is 0 Å². The maximum atomic E-state index is 6.09. The van der Waals surface area contributed by atoms with Crippen LogP contribution in [-0.4, -0.2) is 28.8 Å². The summed E-state index contributed by atoms with van der Waals surface area (Å²) in [5, 5.41) is 0. The van der Waals surface area contributed by atoms with Crippen LogP contribution in [0.5, 0.6) is 11.5 Å². The van der Waals surface area contributed by atoms with E-state index in [0.717, 1.165) is 54.4 Å². The smallest absolute Gasteiger partial charge is 0.161 e. The zero-order valence-electron chi connectivity index (χ0n) is 12.8. The van der Waals surface area contributed by atoms with Crippen molar-refractivity contribution in [3.8, 4) is 22.8 Å². The summed E-state index contributed by atoms with van der Waals surface area (Å²) in [5.74, 6) is 2.78. The number of fused-ring (bicyclic) bond motifs is 2. The van der Waals surface area contributed by atoms with E-state index in [0.29, 0.717) is 13.2 Å². The molecule has 0 saturated carbocycles. The minimum absolute atomic E-state index is 0.233. The van der Waals surface area contributed by atoms with Gasteiger partial charge < -0.3 is 19.8 Å². The lowest BCUT2D eigenvalue weighted by Gasteiger charge is -2.21. The van der Waals surface area contributed by atoms with Gasteiger partial charge in [-0.3, -0.25) is 0 Å². The summed E-state index contributed by atoms with van der Waals surface area (Å²) in [6.07, 6.45) is 2.88. The van der Waals surface area contributed by atoms with E-state index in [1.807, 2.05) is 12.1 Å². The van der Waals surface area contributed by atoms with Crippen molar-refractivity contribution in [3.05, 3.63) is 29.7 Å². The molecule has 5 heteroatoms. The summed E-state index contributed by atoms with van der Waals surface area (Å²) in [7, 11) is 0. The quantitative estimate of drug-likeness (QED) is 0.877. The number of rotatable bonds is 1. The lowest BCUT2D eigenvalue weighted by atomic mass is 10.1. The number of benzene rings is 1. The highest BCUT2D eigenvalue weighted by Gasteiger charge is 2.22. The SMILES string of the molecule is Cc1c(-c2ccc3c(c2)OCCCO3)nc2n1CC(N)CC2. The number of nitrogens with zero attached hydrogens (tertiary/aromatic N) is 2. The highest BCUT2D eigenvalue weighted by atomic mass is 16.5. The first-order chi connectivity index (χ1) is 10.7. The maximum Gasteiger partial charge on any atom is 0.161 e. The first-order valence-corrected chi connectivity index (χ1v) is 7.94. The van der Waals surface area contributed by atoms with Gasteiger partial charge in [-0.25, -0.2) is 4.98 Å². The predicted molar refractivity (Wildman–Crippen MR) is 84.3 cm³/mol. The van der Waals surface area contributed by atoms with Crippen molar-refractivity contribution in [1.82, 2.24) is 9.55 Å². The molecule has 0 saturated heterocycles. The summed E-state index contributed by atoms with van der Waals surface area (Å²) in [6, 6.07) is 6.33. The van der Waals surface area contributed by atoms with Gasteiger partial charge in [0.2, 0.25) is 0 Å².